The van der Waals surface area contributed by atoms with Gasteiger partial charge in [0.05, 0.1) is 22.0 Å². The van der Waals surface area contributed by atoms with Crippen molar-refractivity contribution in [2.75, 3.05) is 5.32 Å². The van der Waals surface area contributed by atoms with Crippen LogP contribution in [0.4, 0.5) is 14.5 Å². The highest BCUT2D eigenvalue weighted by atomic mass is 79.9. The van der Waals surface area contributed by atoms with E-state index in [1.165, 1.54) is 0 Å². The molecular weight excluding hydrogens is 348 g/mol. The van der Waals surface area contributed by atoms with Crippen molar-refractivity contribution in [1.29, 1.82) is 0 Å². The van der Waals surface area contributed by atoms with Crippen molar-refractivity contribution in [3.8, 4) is 0 Å². The van der Waals surface area contributed by atoms with Crippen molar-refractivity contribution in [3.05, 3.63) is 28.2 Å². The second kappa shape index (κ2) is 6.09. The van der Waals surface area contributed by atoms with Crippen molar-refractivity contribution >= 4 is 33.5 Å². The van der Waals surface area contributed by atoms with Gasteiger partial charge >= 0.3 is 5.97 Å². The number of halogens is 3. The molecule has 7 heteroatoms. The van der Waals surface area contributed by atoms with Gasteiger partial charge in [-0.05, 0) is 40.8 Å². The highest BCUT2D eigenvalue weighted by Gasteiger charge is 2.41. The fraction of sp³-hybridized carbons (Fsp3) is 0.429. The first-order chi connectivity index (χ1) is 9.79. The molecule has 1 aromatic carbocycles. The summed E-state index contributed by atoms with van der Waals surface area (Å²) < 4.78 is 27.0. The van der Waals surface area contributed by atoms with Crippen LogP contribution in [-0.2, 0) is 9.59 Å². The number of carboxylic acid groups (broad SMARTS) is 1. The van der Waals surface area contributed by atoms with Crippen LogP contribution >= 0.6 is 15.9 Å². The Bertz CT molecular complexity index is 594. The molecule has 1 aliphatic rings. The molecular formula is C14H14BrF2NO3. The number of nitrogens with one attached hydrogen (secondary N) is 1. The summed E-state index contributed by atoms with van der Waals surface area (Å²) in [4.78, 5) is 23.3. The molecule has 1 unspecified atom stereocenters. The van der Waals surface area contributed by atoms with Crippen molar-refractivity contribution in [2.24, 2.45) is 17.8 Å². The predicted octanol–water partition coefficient (Wildman–Crippen LogP) is 3.41. The fourth-order valence-corrected chi connectivity index (χ4v) is 3.01. The van der Waals surface area contributed by atoms with E-state index in [2.05, 4.69) is 21.2 Å². The lowest BCUT2D eigenvalue weighted by atomic mass is 9.95. The zero-order valence-electron chi connectivity index (χ0n) is 11.2. The second-order valence-corrected chi connectivity index (χ2v) is 6.22. The first-order valence-corrected chi connectivity index (χ1v) is 7.27. The van der Waals surface area contributed by atoms with Crippen LogP contribution in [0.15, 0.2) is 16.6 Å². The van der Waals surface area contributed by atoms with E-state index in [1.807, 2.05) is 6.92 Å². The average Bonchev–Trinajstić information content (AvgIpc) is 2.78. The number of carbonyl (C=O) groups is 2. The quantitative estimate of drug-likeness (QED) is 0.810. The third-order valence-electron chi connectivity index (χ3n) is 3.72. The van der Waals surface area contributed by atoms with Crippen LogP contribution in [0.1, 0.15) is 19.8 Å². The number of anilines is 1. The lowest BCUT2D eigenvalue weighted by Crippen LogP contribution is -2.30. The smallest absolute Gasteiger partial charge is 0.307 e. The Labute approximate surface area is 128 Å². The molecule has 0 saturated heterocycles. The highest BCUT2D eigenvalue weighted by molar-refractivity contribution is 9.10. The zero-order chi connectivity index (χ0) is 15.7. The molecule has 1 amide bonds. The first-order valence-electron chi connectivity index (χ1n) is 6.47. The largest absolute Gasteiger partial charge is 0.481 e. The number of aliphatic carboxylic acids is 1. The minimum Gasteiger partial charge on any atom is -0.481 e. The second-order valence-electron chi connectivity index (χ2n) is 5.36. The molecule has 4 nitrogen and oxygen atoms in total. The lowest BCUT2D eigenvalue weighted by molar-refractivity contribution is -0.145. The average molecular weight is 362 g/mol. The van der Waals surface area contributed by atoms with Gasteiger partial charge in [0.15, 0.2) is 0 Å². The number of rotatable bonds is 3. The van der Waals surface area contributed by atoms with Crippen LogP contribution < -0.4 is 5.32 Å². The van der Waals surface area contributed by atoms with Gasteiger partial charge < -0.3 is 10.4 Å². The summed E-state index contributed by atoms with van der Waals surface area (Å²) in [5, 5.41) is 11.4. The van der Waals surface area contributed by atoms with E-state index in [0.29, 0.717) is 12.8 Å². The molecule has 1 aliphatic carbocycles. The van der Waals surface area contributed by atoms with E-state index in [-0.39, 0.29) is 16.1 Å². The summed E-state index contributed by atoms with van der Waals surface area (Å²) in [6, 6.07) is 1.78. The van der Waals surface area contributed by atoms with Crippen LogP contribution in [0.25, 0.3) is 0 Å². The van der Waals surface area contributed by atoms with Gasteiger partial charge in [0.25, 0.3) is 0 Å². The van der Waals surface area contributed by atoms with Gasteiger partial charge in [-0.25, -0.2) is 8.78 Å². The molecule has 1 aromatic rings. The Morgan fingerprint density at radius 1 is 1.24 bits per heavy atom. The standard InChI is InChI=1S/C14H14BrF2NO3/c1-6-2-7(8(3-6)14(20)21)13(19)18-12-5-10(16)9(15)4-11(12)17/h4-8H,2-3H2,1H3,(H,18,19)(H,20,21)/t6?,7-,8+/m0/s1. The van der Waals surface area contributed by atoms with Gasteiger partial charge in [-0.3, -0.25) is 9.59 Å². The Hall–Kier alpha value is -1.50. The van der Waals surface area contributed by atoms with E-state index in [9.17, 15) is 18.4 Å². The molecule has 0 aromatic heterocycles. The van der Waals surface area contributed by atoms with Crippen molar-refractivity contribution in [2.45, 2.75) is 19.8 Å². The van der Waals surface area contributed by atoms with E-state index in [1.54, 1.807) is 0 Å². The topological polar surface area (TPSA) is 66.4 Å². The first kappa shape index (κ1) is 15.9. The normalized spacial score (nSPS) is 24.9. The van der Waals surface area contributed by atoms with Gasteiger partial charge in [-0.15, -0.1) is 0 Å². The number of amides is 1. The third kappa shape index (κ3) is 3.40. The van der Waals surface area contributed by atoms with E-state index in [0.717, 1.165) is 12.1 Å². The SMILES string of the molecule is CC1C[C@H](C(=O)Nc2cc(F)c(Br)cc2F)[C@H](C(=O)O)C1. The molecule has 114 valence electrons. The number of hydrogen-bond acceptors (Lipinski definition) is 2. The molecule has 2 N–H and O–H groups in total. The molecule has 0 bridgehead atoms. The maximum Gasteiger partial charge on any atom is 0.307 e. The van der Waals surface area contributed by atoms with Gasteiger partial charge in [0.1, 0.15) is 11.6 Å². The molecule has 1 saturated carbocycles. The zero-order valence-corrected chi connectivity index (χ0v) is 12.8. The molecule has 0 aliphatic heterocycles. The van der Waals surface area contributed by atoms with Gasteiger partial charge in [-0.1, -0.05) is 6.92 Å². The monoisotopic (exact) mass is 361 g/mol. The van der Waals surface area contributed by atoms with Crippen LogP contribution in [0, 0.1) is 29.4 Å². The summed E-state index contributed by atoms with van der Waals surface area (Å²) >= 11 is 2.84. The number of carboxylic acids is 1. The third-order valence-corrected chi connectivity index (χ3v) is 4.33. The van der Waals surface area contributed by atoms with E-state index < -0.39 is 35.3 Å². The Balaban J connectivity index is 2.18. The van der Waals surface area contributed by atoms with Crippen LogP contribution in [0.2, 0.25) is 0 Å². The summed E-state index contributed by atoms with van der Waals surface area (Å²) in [6.07, 6.45) is 0.827. The number of benzene rings is 1. The maximum absolute atomic E-state index is 13.7. The van der Waals surface area contributed by atoms with Crippen LogP contribution in [0.5, 0.6) is 0 Å². The van der Waals surface area contributed by atoms with Gasteiger partial charge in [0, 0.05) is 6.07 Å². The Kier molecular flexibility index (Phi) is 4.61. The summed E-state index contributed by atoms with van der Waals surface area (Å²) in [7, 11) is 0. The molecule has 0 heterocycles. The predicted molar refractivity (Wildman–Crippen MR) is 75.7 cm³/mol. The molecule has 3 atom stereocenters. The highest BCUT2D eigenvalue weighted by Crippen LogP contribution is 2.37. The summed E-state index contributed by atoms with van der Waals surface area (Å²) in [6.45, 7) is 1.86. The molecule has 1 fully saturated rings. The fourth-order valence-electron chi connectivity index (χ4n) is 2.70. The maximum atomic E-state index is 13.7. The Morgan fingerprint density at radius 3 is 2.48 bits per heavy atom. The van der Waals surface area contributed by atoms with Gasteiger partial charge in [-0.2, -0.15) is 0 Å². The number of carbonyl (C=O) groups excluding carboxylic acids is 1. The van der Waals surface area contributed by atoms with Crippen LogP contribution in [0.3, 0.4) is 0 Å². The van der Waals surface area contributed by atoms with E-state index >= 15 is 0 Å². The lowest BCUT2D eigenvalue weighted by Gasteiger charge is -2.16. The van der Waals surface area contributed by atoms with E-state index in [4.69, 9.17) is 5.11 Å². The van der Waals surface area contributed by atoms with Gasteiger partial charge in [0.2, 0.25) is 5.91 Å². The molecule has 0 radical (unpaired) electrons. The minimum absolute atomic E-state index is 0.0455. The molecule has 21 heavy (non-hydrogen) atoms. The van der Waals surface area contributed by atoms with Crippen LogP contribution in [-0.4, -0.2) is 17.0 Å². The van der Waals surface area contributed by atoms with Crippen molar-refractivity contribution in [3.63, 3.8) is 0 Å². The molecule has 2 rings (SSSR count). The number of hydrogen-bond donors (Lipinski definition) is 2. The molecule has 0 spiro atoms. The van der Waals surface area contributed by atoms with Crippen molar-refractivity contribution in [1.82, 2.24) is 0 Å². The van der Waals surface area contributed by atoms with Crippen molar-refractivity contribution < 1.29 is 23.5 Å². The summed E-state index contributed by atoms with van der Waals surface area (Å²) in [5.41, 5.74) is -0.288. The Morgan fingerprint density at radius 2 is 1.86 bits per heavy atom. The summed E-state index contributed by atoms with van der Waals surface area (Å²) in [5.74, 6) is -4.54. The minimum atomic E-state index is -1.04.